The highest BCUT2D eigenvalue weighted by atomic mass is 16.5. The minimum Gasteiger partial charge on any atom is -0.495 e. The number of aryl methyl sites for hydroxylation is 1. The third kappa shape index (κ3) is 3.52. The molecule has 1 aromatic carbocycles. The van der Waals surface area contributed by atoms with Gasteiger partial charge in [-0.05, 0) is 24.1 Å². The van der Waals surface area contributed by atoms with Crippen molar-refractivity contribution in [1.29, 1.82) is 0 Å². The summed E-state index contributed by atoms with van der Waals surface area (Å²) in [5, 5.41) is 14.4. The highest BCUT2D eigenvalue weighted by molar-refractivity contribution is 6.03. The minimum atomic E-state index is -0.420. The molecule has 0 unspecified atom stereocenters. The monoisotopic (exact) mass is 342 g/mol. The number of hydrogen-bond acceptors (Lipinski definition) is 7. The van der Waals surface area contributed by atoms with Crippen LogP contribution in [-0.2, 0) is 0 Å². The van der Waals surface area contributed by atoms with E-state index >= 15 is 0 Å². The molecule has 0 aliphatic carbocycles. The van der Waals surface area contributed by atoms with E-state index in [1.807, 2.05) is 13.8 Å². The number of nitrogens with zero attached hydrogens (tertiary/aromatic N) is 3. The lowest BCUT2D eigenvalue weighted by Gasteiger charge is -2.10. The smallest absolute Gasteiger partial charge is 0.294 e. The Morgan fingerprint density at radius 2 is 2.04 bits per heavy atom. The van der Waals surface area contributed by atoms with Crippen molar-refractivity contribution in [1.82, 2.24) is 15.4 Å². The van der Waals surface area contributed by atoms with Crippen molar-refractivity contribution in [2.75, 3.05) is 12.4 Å². The highest BCUT2D eigenvalue weighted by Crippen LogP contribution is 2.30. The molecule has 0 aliphatic rings. The second-order valence-corrected chi connectivity index (χ2v) is 5.77. The topological polar surface area (TPSA) is 103 Å². The molecule has 8 heteroatoms. The molecule has 0 radical (unpaired) electrons. The maximum atomic E-state index is 12.4. The molecule has 1 amide bonds. The number of ether oxygens (including phenoxy) is 1. The number of amides is 1. The summed E-state index contributed by atoms with van der Waals surface area (Å²) < 4.78 is 15.8. The number of anilines is 1. The standard InChI is InChI=1S/C17H18N4O4/c1-9(2)12-8-15(25-21-12)16(22)18-13-7-11(5-6-14(13)23-4)17-20-19-10(3)24-17/h5-9H,1-4H3,(H,18,22). The number of nitrogens with one attached hydrogen (secondary N) is 1. The lowest BCUT2D eigenvalue weighted by atomic mass is 10.1. The van der Waals surface area contributed by atoms with E-state index in [2.05, 4.69) is 20.7 Å². The Kier molecular flexibility index (Phi) is 4.51. The average Bonchev–Trinajstić information content (AvgIpc) is 3.24. The minimum absolute atomic E-state index is 0.129. The number of aromatic nitrogens is 3. The van der Waals surface area contributed by atoms with Crippen molar-refractivity contribution in [3.8, 4) is 17.2 Å². The Bertz CT molecular complexity index is 898. The van der Waals surface area contributed by atoms with Gasteiger partial charge in [-0.2, -0.15) is 0 Å². The molecule has 3 aromatic rings. The molecular formula is C17H18N4O4. The molecule has 0 bridgehead atoms. The van der Waals surface area contributed by atoms with Crippen molar-refractivity contribution < 1.29 is 18.5 Å². The van der Waals surface area contributed by atoms with Crippen LogP contribution in [0.3, 0.4) is 0 Å². The summed E-state index contributed by atoms with van der Waals surface area (Å²) in [4.78, 5) is 12.4. The van der Waals surface area contributed by atoms with Gasteiger partial charge in [-0.1, -0.05) is 19.0 Å². The number of carbonyl (C=O) groups is 1. The van der Waals surface area contributed by atoms with Crippen LogP contribution in [0.1, 0.15) is 41.9 Å². The zero-order valence-electron chi connectivity index (χ0n) is 14.4. The SMILES string of the molecule is COc1ccc(-c2nnc(C)o2)cc1NC(=O)c1cc(C(C)C)no1. The normalized spacial score (nSPS) is 10.9. The van der Waals surface area contributed by atoms with E-state index in [1.54, 1.807) is 31.2 Å². The molecule has 2 heterocycles. The van der Waals surface area contributed by atoms with E-state index < -0.39 is 5.91 Å². The van der Waals surface area contributed by atoms with Crippen LogP contribution in [0, 0.1) is 6.92 Å². The van der Waals surface area contributed by atoms with Crippen LogP contribution in [0.25, 0.3) is 11.5 Å². The second kappa shape index (κ2) is 6.76. The van der Waals surface area contributed by atoms with Crippen molar-refractivity contribution in [3.05, 3.63) is 41.6 Å². The molecule has 3 rings (SSSR count). The third-order valence-corrected chi connectivity index (χ3v) is 3.56. The lowest BCUT2D eigenvalue weighted by molar-refractivity contribution is 0.0987. The van der Waals surface area contributed by atoms with Gasteiger partial charge in [0.25, 0.3) is 5.91 Å². The Morgan fingerprint density at radius 1 is 1.24 bits per heavy atom. The van der Waals surface area contributed by atoms with E-state index in [-0.39, 0.29) is 11.7 Å². The fourth-order valence-corrected chi connectivity index (χ4v) is 2.20. The summed E-state index contributed by atoms with van der Waals surface area (Å²) in [6, 6.07) is 6.80. The van der Waals surface area contributed by atoms with Gasteiger partial charge in [-0.15, -0.1) is 10.2 Å². The Labute approximate surface area is 144 Å². The van der Waals surface area contributed by atoms with E-state index in [4.69, 9.17) is 13.7 Å². The summed E-state index contributed by atoms with van der Waals surface area (Å²) in [5.41, 5.74) is 1.84. The van der Waals surface area contributed by atoms with Gasteiger partial charge in [-0.3, -0.25) is 4.79 Å². The van der Waals surface area contributed by atoms with Gasteiger partial charge < -0.3 is 19.0 Å². The van der Waals surface area contributed by atoms with Crippen LogP contribution in [0.15, 0.2) is 33.2 Å². The van der Waals surface area contributed by atoms with Crippen LogP contribution in [0.2, 0.25) is 0 Å². The molecule has 0 spiro atoms. The molecular weight excluding hydrogens is 324 g/mol. The van der Waals surface area contributed by atoms with Gasteiger partial charge in [0.05, 0.1) is 18.5 Å². The number of methoxy groups -OCH3 is 1. The Morgan fingerprint density at radius 3 is 2.64 bits per heavy atom. The molecule has 130 valence electrons. The van der Waals surface area contributed by atoms with E-state index in [0.717, 1.165) is 0 Å². The van der Waals surface area contributed by atoms with E-state index in [9.17, 15) is 4.79 Å². The molecule has 0 saturated carbocycles. The first-order valence-electron chi connectivity index (χ1n) is 7.74. The average molecular weight is 342 g/mol. The van der Waals surface area contributed by atoms with Gasteiger partial charge in [0.2, 0.25) is 17.5 Å². The predicted molar refractivity (Wildman–Crippen MR) is 89.6 cm³/mol. The van der Waals surface area contributed by atoms with Crippen molar-refractivity contribution >= 4 is 11.6 Å². The zero-order valence-corrected chi connectivity index (χ0v) is 14.4. The first-order chi connectivity index (χ1) is 12.0. The van der Waals surface area contributed by atoms with Crippen LogP contribution < -0.4 is 10.1 Å². The first kappa shape index (κ1) is 16.7. The molecule has 2 aromatic heterocycles. The fraction of sp³-hybridized carbons (Fsp3) is 0.294. The lowest BCUT2D eigenvalue weighted by Crippen LogP contribution is -2.12. The zero-order chi connectivity index (χ0) is 18.0. The van der Waals surface area contributed by atoms with E-state index in [1.165, 1.54) is 7.11 Å². The molecule has 0 aliphatic heterocycles. The van der Waals surface area contributed by atoms with Crippen molar-refractivity contribution in [2.24, 2.45) is 0 Å². The first-order valence-corrected chi connectivity index (χ1v) is 7.74. The number of carbonyl (C=O) groups excluding carboxylic acids is 1. The quantitative estimate of drug-likeness (QED) is 0.757. The van der Waals surface area contributed by atoms with Crippen molar-refractivity contribution in [2.45, 2.75) is 26.7 Å². The van der Waals surface area contributed by atoms with Crippen LogP contribution in [0.5, 0.6) is 5.75 Å². The number of benzene rings is 1. The van der Waals surface area contributed by atoms with E-state index in [0.29, 0.717) is 34.5 Å². The molecule has 1 N–H and O–H groups in total. The molecule has 8 nitrogen and oxygen atoms in total. The third-order valence-electron chi connectivity index (χ3n) is 3.56. The maximum Gasteiger partial charge on any atom is 0.294 e. The highest BCUT2D eigenvalue weighted by Gasteiger charge is 2.18. The van der Waals surface area contributed by atoms with Gasteiger partial charge in [-0.25, -0.2) is 0 Å². The van der Waals surface area contributed by atoms with Gasteiger partial charge in [0.15, 0.2) is 0 Å². The maximum absolute atomic E-state index is 12.4. The summed E-state index contributed by atoms with van der Waals surface area (Å²) in [6.45, 7) is 5.65. The van der Waals surface area contributed by atoms with Gasteiger partial charge >= 0.3 is 0 Å². The van der Waals surface area contributed by atoms with Gasteiger partial charge in [0.1, 0.15) is 5.75 Å². The molecule has 0 atom stereocenters. The summed E-state index contributed by atoms with van der Waals surface area (Å²) in [6.07, 6.45) is 0. The van der Waals surface area contributed by atoms with Crippen LogP contribution >= 0.6 is 0 Å². The fourth-order valence-electron chi connectivity index (χ4n) is 2.20. The van der Waals surface area contributed by atoms with Gasteiger partial charge in [0, 0.05) is 18.6 Å². The Balaban J connectivity index is 1.88. The molecule has 0 fully saturated rings. The van der Waals surface area contributed by atoms with Crippen LogP contribution in [0.4, 0.5) is 5.69 Å². The summed E-state index contributed by atoms with van der Waals surface area (Å²) in [5.74, 6) is 1.19. The number of rotatable bonds is 5. The Hall–Kier alpha value is -3.16. The second-order valence-electron chi connectivity index (χ2n) is 5.77. The summed E-state index contributed by atoms with van der Waals surface area (Å²) in [7, 11) is 1.52. The number of hydrogen-bond donors (Lipinski definition) is 1. The largest absolute Gasteiger partial charge is 0.495 e. The predicted octanol–water partition coefficient (Wildman–Crippen LogP) is 3.42. The van der Waals surface area contributed by atoms with Crippen molar-refractivity contribution in [3.63, 3.8) is 0 Å². The molecule has 0 saturated heterocycles. The summed E-state index contributed by atoms with van der Waals surface area (Å²) >= 11 is 0. The van der Waals surface area contributed by atoms with Crippen LogP contribution in [-0.4, -0.2) is 28.4 Å². The molecule has 25 heavy (non-hydrogen) atoms.